The lowest BCUT2D eigenvalue weighted by molar-refractivity contribution is 0.313. The van der Waals surface area contributed by atoms with Gasteiger partial charge in [0, 0.05) is 6.54 Å². The maximum atomic E-state index is 8.74. The quantitative estimate of drug-likeness (QED) is 0.185. The molecule has 0 aromatic rings. The van der Waals surface area contributed by atoms with Crippen LogP contribution in [0.2, 0.25) is 0 Å². The van der Waals surface area contributed by atoms with Crippen molar-refractivity contribution in [3.05, 3.63) is 0 Å². The van der Waals surface area contributed by atoms with Gasteiger partial charge < -0.3 is 16.4 Å². The van der Waals surface area contributed by atoms with Gasteiger partial charge in [-0.1, -0.05) is 13.8 Å². The number of aliphatic imine (C=N–C) groups is 1. The zero-order valence-corrected chi connectivity index (χ0v) is 13.2. The first kappa shape index (κ1) is 25.0. The van der Waals surface area contributed by atoms with Gasteiger partial charge in [-0.05, 0) is 13.1 Å². The average Bonchev–Trinajstić information content (AvgIpc) is 2.19. The van der Waals surface area contributed by atoms with E-state index in [1.807, 2.05) is 0 Å². The van der Waals surface area contributed by atoms with Crippen LogP contribution in [-0.4, -0.2) is 72.1 Å². The highest BCUT2D eigenvalue weighted by Gasteiger charge is 1.95. The number of nitrogens with zero attached hydrogens (tertiary/aromatic N) is 2. The van der Waals surface area contributed by atoms with Crippen LogP contribution in [-0.2, 0) is 20.8 Å². The van der Waals surface area contributed by atoms with E-state index in [0.717, 1.165) is 19.6 Å². The zero-order valence-electron chi connectivity index (χ0n) is 11.6. The van der Waals surface area contributed by atoms with Gasteiger partial charge in [-0.15, -0.1) is 0 Å². The summed E-state index contributed by atoms with van der Waals surface area (Å²) in [7, 11) is -9.33. The van der Waals surface area contributed by atoms with Gasteiger partial charge >= 0.3 is 20.8 Å². The molecule has 21 heavy (non-hydrogen) atoms. The molecule has 0 aromatic heterocycles. The summed E-state index contributed by atoms with van der Waals surface area (Å²) in [5, 5.41) is 0. The minimum absolute atomic E-state index is 0.178. The van der Waals surface area contributed by atoms with Crippen molar-refractivity contribution in [1.82, 2.24) is 4.90 Å². The van der Waals surface area contributed by atoms with Crippen molar-refractivity contribution >= 4 is 26.8 Å². The van der Waals surface area contributed by atoms with Crippen LogP contribution in [0.3, 0.4) is 0 Å². The van der Waals surface area contributed by atoms with Crippen molar-refractivity contribution in [2.24, 2.45) is 16.5 Å². The first-order chi connectivity index (χ1) is 9.20. The average molecular weight is 354 g/mol. The Hall–Kier alpha value is -1.03. The van der Waals surface area contributed by atoms with Crippen LogP contribution in [0, 0.1) is 0 Å². The largest absolute Gasteiger partial charge is 0.394 e. The van der Waals surface area contributed by atoms with E-state index < -0.39 is 20.8 Å². The van der Waals surface area contributed by atoms with E-state index in [2.05, 4.69) is 23.7 Å². The predicted octanol–water partition coefficient (Wildman–Crippen LogP) is -1.70. The molecule has 0 unspecified atom stereocenters. The number of rotatable bonds is 5. The highest BCUT2D eigenvalue weighted by molar-refractivity contribution is 7.80. The van der Waals surface area contributed by atoms with Crippen LogP contribution in [0.15, 0.2) is 4.99 Å². The summed E-state index contributed by atoms with van der Waals surface area (Å²) in [5.41, 5.74) is 10.3. The maximum Gasteiger partial charge on any atom is 0.394 e. The Labute approximate surface area is 124 Å². The SMILES string of the molecule is CCN(CC)CCN=C(N)N.O=S(=O)(O)O.O=S(=O)(O)O. The van der Waals surface area contributed by atoms with E-state index in [9.17, 15) is 0 Å². The summed E-state index contributed by atoms with van der Waals surface area (Å²) in [6.45, 7) is 7.99. The van der Waals surface area contributed by atoms with Gasteiger partial charge in [-0.2, -0.15) is 16.8 Å². The highest BCUT2D eigenvalue weighted by atomic mass is 32.3. The van der Waals surface area contributed by atoms with E-state index in [4.69, 9.17) is 46.5 Å². The van der Waals surface area contributed by atoms with Crippen LogP contribution >= 0.6 is 0 Å². The maximum absolute atomic E-state index is 8.74. The standard InChI is InChI=1S/C7H18N4.2H2O4S/c1-3-11(4-2)6-5-10-7(8)9;2*1-5(2,3)4/h3-6H2,1-2H3,(H4,8,9,10);2*(H2,1,2,3,4). The summed E-state index contributed by atoms with van der Waals surface area (Å²) < 4.78 is 63.2. The Morgan fingerprint density at radius 1 is 0.952 bits per heavy atom. The first-order valence-corrected chi connectivity index (χ1v) is 8.17. The second-order valence-corrected chi connectivity index (χ2v) is 5.02. The molecule has 0 aliphatic heterocycles. The zero-order chi connectivity index (χ0) is 17.7. The van der Waals surface area contributed by atoms with E-state index >= 15 is 0 Å². The fourth-order valence-electron chi connectivity index (χ4n) is 0.860. The second kappa shape index (κ2) is 12.7. The molecule has 0 saturated carbocycles. The van der Waals surface area contributed by atoms with Crippen LogP contribution in [0.5, 0.6) is 0 Å². The monoisotopic (exact) mass is 354 g/mol. The van der Waals surface area contributed by atoms with E-state index in [1.54, 1.807) is 0 Å². The number of guanidine groups is 1. The van der Waals surface area contributed by atoms with Gasteiger partial charge in [0.1, 0.15) is 0 Å². The molecule has 0 aliphatic rings. The number of hydrogen-bond acceptors (Lipinski definition) is 6. The van der Waals surface area contributed by atoms with Gasteiger partial charge in [-0.25, -0.2) is 0 Å². The van der Waals surface area contributed by atoms with Gasteiger partial charge in [-0.3, -0.25) is 23.2 Å². The molecular weight excluding hydrogens is 332 g/mol. The smallest absolute Gasteiger partial charge is 0.370 e. The molecule has 0 heterocycles. The summed E-state index contributed by atoms with van der Waals surface area (Å²) in [5.74, 6) is 0.178. The highest BCUT2D eigenvalue weighted by Crippen LogP contribution is 1.85. The lowest BCUT2D eigenvalue weighted by Gasteiger charge is -2.15. The molecule has 0 spiro atoms. The summed E-state index contributed by atoms with van der Waals surface area (Å²) >= 11 is 0. The number of nitrogens with two attached hydrogens (primary N) is 2. The van der Waals surface area contributed by atoms with Gasteiger partial charge in [0.2, 0.25) is 0 Å². The fourth-order valence-corrected chi connectivity index (χ4v) is 0.860. The Morgan fingerprint density at radius 2 is 1.24 bits per heavy atom. The summed E-state index contributed by atoms with van der Waals surface area (Å²) in [6.07, 6.45) is 0. The number of likely N-dealkylation sites (N-methyl/N-ethyl adjacent to an activating group) is 1. The summed E-state index contributed by atoms with van der Waals surface area (Å²) in [4.78, 5) is 6.16. The third kappa shape index (κ3) is 67.9. The minimum Gasteiger partial charge on any atom is -0.370 e. The molecule has 0 radical (unpaired) electrons. The van der Waals surface area contributed by atoms with Crippen LogP contribution in [0.4, 0.5) is 0 Å². The fraction of sp³-hybridized carbons (Fsp3) is 0.857. The molecule has 0 bridgehead atoms. The van der Waals surface area contributed by atoms with Crippen LogP contribution in [0.25, 0.3) is 0 Å². The molecule has 8 N–H and O–H groups in total. The van der Waals surface area contributed by atoms with Crippen molar-refractivity contribution in [2.45, 2.75) is 13.8 Å². The second-order valence-electron chi connectivity index (χ2n) is 3.23. The third-order valence-electron chi connectivity index (χ3n) is 1.61. The third-order valence-corrected chi connectivity index (χ3v) is 1.61. The van der Waals surface area contributed by atoms with Crippen molar-refractivity contribution in [3.63, 3.8) is 0 Å². The molecule has 0 amide bonds. The Kier molecular flexibility index (Phi) is 15.1. The Morgan fingerprint density at radius 3 is 1.43 bits per heavy atom. The lowest BCUT2D eigenvalue weighted by Crippen LogP contribution is -2.28. The molecule has 0 saturated heterocycles. The van der Waals surface area contributed by atoms with Gasteiger partial charge in [0.25, 0.3) is 0 Å². The molecule has 12 nitrogen and oxygen atoms in total. The topological polar surface area (TPSA) is 217 Å². The molecule has 0 atom stereocenters. The van der Waals surface area contributed by atoms with Crippen LogP contribution < -0.4 is 11.5 Å². The minimum atomic E-state index is -4.67. The molecule has 0 fully saturated rings. The lowest BCUT2D eigenvalue weighted by atomic mass is 10.5. The summed E-state index contributed by atoms with van der Waals surface area (Å²) in [6, 6.07) is 0. The molecule has 130 valence electrons. The molecule has 0 aromatic carbocycles. The van der Waals surface area contributed by atoms with Crippen molar-refractivity contribution in [3.8, 4) is 0 Å². The van der Waals surface area contributed by atoms with Gasteiger partial charge in [0.15, 0.2) is 5.96 Å². The molecule has 14 heteroatoms. The Bertz CT molecular complexity index is 421. The van der Waals surface area contributed by atoms with Crippen molar-refractivity contribution in [2.75, 3.05) is 26.2 Å². The Balaban J connectivity index is -0.000000270. The van der Waals surface area contributed by atoms with Crippen molar-refractivity contribution < 1.29 is 35.0 Å². The normalized spacial score (nSPS) is 10.8. The van der Waals surface area contributed by atoms with E-state index in [-0.39, 0.29) is 5.96 Å². The van der Waals surface area contributed by atoms with Gasteiger partial charge in [0.05, 0.1) is 6.54 Å². The van der Waals surface area contributed by atoms with Crippen molar-refractivity contribution in [1.29, 1.82) is 0 Å². The number of hydrogen-bond donors (Lipinski definition) is 6. The van der Waals surface area contributed by atoms with Crippen LogP contribution in [0.1, 0.15) is 13.8 Å². The van der Waals surface area contributed by atoms with E-state index in [0.29, 0.717) is 6.54 Å². The predicted molar refractivity (Wildman–Crippen MR) is 76.8 cm³/mol. The molecular formula is C7H22N4O8S2. The van der Waals surface area contributed by atoms with E-state index in [1.165, 1.54) is 0 Å². The molecule has 0 rings (SSSR count). The molecule has 0 aliphatic carbocycles. The first-order valence-electron chi connectivity index (χ1n) is 5.38.